The molecule has 0 unspecified atom stereocenters. The molecular formula is C62H106O6. The zero-order valence-corrected chi connectivity index (χ0v) is 44.6. The quantitative estimate of drug-likeness (QED) is 0.0262. The van der Waals surface area contributed by atoms with Crippen LogP contribution < -0.4 is 0 Å². The summed E-state index contributed by atoms with van der Waals surface area (Å²) < 4.78 is 16.8. The molecule has 390 valence electrons. The molecule has 0 aliphatic heterocycles. The third kappa shape index (κ3) is 53.5. The van der Waals surface area contributed by atoms with E-state index in [0.717, 1.165) is 103 Å². The summed E-state index contributed by atoms with van der Waals surface area (Å²) in [5, 5.41) is 0. The lowest BCUT2D eigenvalue weighted by molar-refractivity contribution is -0.167. The Morgan fingerprint density at radius 2 is 0.603 bits per heavy atom. The highest BCUT2D eigenvalue weighted by atomic mass is 16.6. The van der Waals surface area contributed by atoms with Crippen LogP contribution in [-0.4, -0.2) is 37.2 Å². The number of esters is 3. The second-order valence-corrected chi connectivity index (χ2v) is 18.8. The highest BCUT2D eigenvalue weighted by Gasteiger charge is 2.19. The molecule has 68 heavy (non-hydrogen) atoms. The highest BCUT2D eigenvalue weighted by molar-refractivity contribution is 5.71. The van der Waals surface area contributed by atoms with Crippen molar-refractivity contribution in [3.63, 3.8) is 0 Å². The first-order valence-corrected chi connectivity index (χ1v) is 28.6. The normalized spacial score (nSPS) is 12.7. The predicted octanol–water partition coefficient (Wildman–Crippen LogP) is 19.2. The molecule has 0 aliphatic carbocycles. The number of carbonyl (C=O) groups excluding carboxylic acids is 3. The van der Waals surface area contributed by atoms with Crippen LogP contribution >= 0.6 is 0 Å². The van der Waals surface area contributed by atoms with E-state index >= 15 is 0 Å². The first kappa shape index (κ1) is 64.6. The molecule has 0 N–H and O–H groups in total. The molecule has 6 nitrogen and oxygen atoms in total. The molecule has 0 aliphatic rings. The maximum absolute atomic E-state index is 12.8. The van der Waals surface area contributed by atoms with Gasteiger partial charge in [0.25, 0.3) is 0 Å². The minimum Gasteiger partial charge on any atom is -0.462 e. The van der Waals surface area contributed by atoms with Crippen LogP contribution in [0.3, 0.4) is 0 Å². The molecule has 0 aromatic carbocycles. The number of hydrogen-bond donors (Lipinski definition) is 0. The smallest absolute Gasteiger partial charge is 0.306 e. The Balaban J connectivity index is 4.45. The number of ether oxygens (including phenoxy) is 3. The fourth-order valence-corrected chi connectivity index (χ4v) is 7.85. The van der Waals surface area contributed by atoms with Gasteiger partial charge in [-0.05, 0) is 83.5 Å². The second-order valence-electron chi connectivity index (χ2n) is 18.8. The van der Waals surface area contributed by atoms with E-state index in [0.29, 0.717) is 19.3 Å². The van der Waals surface area contributed by atoms with Crippen molar-refractivity contribution in [1.29, 1.82) is 0 Å². The monoisotopic (exact) mass is 947 g/mol. The molecule has 0 heterocycles. The van der Waals surface area contributed by atoms with E-state index in [1.54, 1.807) is 0 Å². The van der Waals surface area contributed by atoms with Crippen LogP contribution in [0.15, 0.2) is 85.1 Å². The zero-order valence-electron chi connectivity index (χ0n) is 44.6. The Labute approximate surface area is 420 Å². The first-order valence-electron chi connectivity index (χ1n) is 28.6. The first-order chi connectivity index (χ1) is 33.5. The standard InChI is InChI=1S/C62H106O6/c1-4-7-10-13-16-19-22-25-28-30-31-33-34-37-40-43-46-49-52-55-61(64)67-58-59(57-66-60(63)54-51-48-45-42-39-36-27-24-21-18-15-12-9-6-3)68-62(65)56-53-50-47-44-41-38-35-32-29-26-23-20-17-14-11-8-5-2/h8,11,15,17-18,20,24,26-27,29,35,38,44,47,59H,4-7,9-10,12-14,16,19,21-23,25,28,30-34,36-37,39-43,45-46,48-58H2,1-3H3/b11-8-,18-15-,20-17-,27-24-,29-26-,38-35-,47-44-/t59-/m1/s1. The maximum Gasteiger partial charge on any atom is 0.306 e. The van der Waals surface area contributed by atoms with Crippen molar-refractivity contribution in [3.05, 3.63) is 85.1 Å². The van der Waals surface area contributed by atoms with Gasteiger partial charge in [-0.3, -0.25) is 14.4 Å². The molecule has 0 saturated heterocycles. The summed E-state index contributed by atoms with van der Waals surface area (Å²) in [4.78, 5) is 38.1. The van der Waals surface area contributed by atoms with E-state index < -0.39 is 6.10 Å². The lowest BCUT2D eigenvalue weighted by atomic mass is 10.0. The molecule has 0 bridgehead atoms. The molecule has 0 aromatic heterocycles. The topological polar surface area (TPSA) is 78.9 Å². The van der Waals surface area contributed by atoms with Crippen LogP contribution in [0.2, 0.25) is 0 Å². The lowest BCUT2D eigenvalue weighted by Gasteiger charge is -2.18. The number of unbranched alkanes of at least 4 members (excludes halogenated alkanes) is 26. The van der Waals surface area contributed by atoms with Crippen LogP contribution in [0.1, 0.15) is 271 Å². The number of allylic oxidation sites excluding steroid dienone is 14. The summed E-state index contributed by atoms with van der Waals surface area (Å²) in [6.45, 7) is 6.45. The Hall–Kier alpha value is -3.41. The Morgan fingerprint density at radius 1 is 0.309 bits per heavy atom. The van der Waals surface area contributed by atoms with Gasteiger partial charge in [-0.1, -0.05) is 254 Å². The van der Waals surface area contributed by atoms with Crippen LogP contribution in [0.4, 0.5) is 0 Å². The largest absolute Gasteiger partial charge is 0.462 e. The van der Waals surface area contributed by atoms with E-state index in [9.17, 15) is 14.4 Å². The van der Waals surface area contributed by atoms with Crippen molar-refractivity contribution < 1.29 is 28.6 Å². The molecule has 6 heteroatoms. The van der Waals surface area contributed by atoms with E-state index in [-0.39, 0.29) is 37.5 Å². The number of carbonyl (C=O) groups is 3. The summed E-state index contributed by atoms with van der Waals surface area (Å²) in [6, 6.07) is 0. The van der Waals surface area contributed by atoms with Gasteiger partial charge >= 0.3 is 17.9 Å². The van der Waals surface area contributed by atoms with Crippen LogP contribution in [0, 0.1) is 0 Å². The van der Waals surface area contributed by atoms with E-state index in [1.807, 2.05) is 0 Å². The third-order valence-corrected chi connectivity index (χ3v) is 12.1. The Morgan fingerprint density at radius 3 is 0.985 bits per heavy atom. The number of rotatable bonds is 51. The van der Waals surface area contributed by atoms with Crippen molar-refractivity contribution in [2.45, 2.75) is 277 Å². The van der Waals surface area contributed by atoms with Crippen molar-refractivity contribution in [3.8, 4) is 0 Å². The molecule has 0 aromatic rings. The fourth-order valence-electron chi connectivity index (χ4n) is 7.85. The van der Waals surface area contributed by atoms with Gasteiger partial charge in [-0.2, -0.15) is 0 Å². The lowest BCUT2D eigenvalue weighted by Crippen LogP contribution is -2.30. The van der Waals surface area contributed by atoms with Gasteiger partial charge < -0.3 is 14.2 Å². The molecule has 0 radical (unpaired) electrons. The molecule has 0 saturated carbocycles. The SMILES string of the molecule is CC/C=C\C/C=C\C/C=C\C/C=C\C/C=C\CCCC(=O)O[C@H](COC(=O)CCCCCCC/C=C\C/C=C\CCCC)COC(=O)CCCCCCCCCCCCCCCCCCCCC. The Kier molecular flexibility index (Phi) is 53.4. The fraction of sp³-hybridized carbons (Fsp3) is 0.726. The minimum absolute atomic E-state index is 0.102. The molecule has 0 rings (SSSR count). The maximum atomic E-state index is 12.8. The summed E-state index contributed by atoms with van der Waals surface area (Å²) >= 11 is 0. The van der Waals surface area contributed by atoms with Crippen LogP contribution in [0.5, 0.6) is 0 Å². The average Bonchev–Trinajstić information content (AvgIpc) is 3.34. The van der Waals surface area contributed by atoms with Crippen molar-refractivity contribution in [2.75, 3.05) is 13.2 Å². The summed E-state index contributed by atoms with van der Waals surface area (Å²) in [5.74, 6) is -0.969. The molecule has 0 fully saturated rings. The zero-order chi connectivity index (χ0) is 49.3. The summed E-state index contributed by atoms with van der Waals surface area (Å²) in [6.07, 6.45) is 72.9. The molecular weight excluding hydrogens is 841 g/mol. The van der Waals surface area contributed by atoms with E-state index in [4.69, 9.17) is 14.2 Å². The third-order valence-electron chi connectivity index (χ3n) is 12.1. The molecule has 0 amide bonds. The molecule has 0 spiro atoms. The average molecular weight is 948 g/mol. The molecule has 1 atom stereocenters. The van der Waals surface area contributed by atoms with Crippen molar-refractivity contribution in [2.24, 2.45) is 0 Å². The van der Waals surface area contributed by atoms with Crippen molar-refractivity contribution >= 4 is 17.9 Å². The van der Waals surface area contributed by atoms with Gasteiger partial charge in [0.15, 0.2) is 6.10 Å². The van der Waals surface area contributed by atoms with Gasteiger partial charge in [0.05, 0.1) is 0 Å². The van der Waals surface area contributed by atoms with E-state index in [1.165, 1.54) is 122 Å². The van der Waals surface area contributed by atoms with Gasteiger partial charge in [0.2, 0.25) is 0 Å². The van der Waals surface area contributed by atoms with Crippen molar-refractivity contribution in [1.82, 2.24) is 0 Å². The van der Waals surface area contributed by atoms with Gasteiger partial charge in [0.1, 0.15) is 13.2 Å². The van der Waals surface area contributed by atoms with Gasteiger partial charge in [0, 0.05) is 19.3 Å². The number of hydrogen-bond acceptors (Lipinski definition) is 6. The predicted molar refractivity (Wildman–Crippen MR) is 293 cm³/mol. The van der Waals surface area contributed by atoms with Crippen LogP contribution in [0.25, 0.3) is 0 Å². The summed E-state index contributed by atoms with van der Waals surface area (Å²) in [5.41, 5.74) is 0. The van der Waals surface area contributed by atoms with Gasteiger partial charge in [-0.25, -0.2) is 0 Å². The second kappa shape index (κ2) is 56.2. The van der Waals surface area contributed by atoms with E-state index in [2.05, 4.69) is 106 Å². The minimum atomic E-state index is -0.811. The Bertz CT molecular complexity index is 1320. The van der Waals surface area contributed by atoms with Crippen LogP contribution in [-0.2, 0) is 28.6 Å². The highest BCUT2D eigenvalue weighted by Crippen LogP contribution is 2.16. The van der Waals surface area contributed by atoms with Gasteiger partial charge in [-0.15, -0.1) is 0 Å². The summed E-state index contributed by atoms with van der Waals surface area (Å²) in [7, 11) is 0.